The molecule has 2 heterocycles. The van der Waals surface area contributed by atoms with Crippen molar-refractivity contribution in [3.63, 3.8) is 0 Å². The zero-order chi connectivity index (χ0) is 13.5. The van der Waals surface area contributed by atoms with E-state index in [1.165, 1.54) is 25.8 Å². The van der Waals surface area contributed by atoms with Gasteiger partial charge in [0, 0.05) is 20.1 Å². The van der Waals surface area contributed by atoms with Gasteiger partial charge in [-0.1, -0.05) is 0 Å². The maximum atomic E-state index is 11.3. The van der Waals surface area contributed by atoms with Crippen molar-refractivity contribution in [1.82, 2.24) is 15.1 Å². The largest absolute Gasteiger partial charge is 0.379 e. The van der Waals surface area contributed by atoms with E-state index in [9.17, 15) is 4.79 Å². The second-order valence-electron chi connectivity index (χ2n) is 5.64. The van der Waals surface area contributed by atoms with E-state index in [1.54, 1.807) is 7.05 Å². The maximum Gasteiger partial charge on any atom is 0.233 e. The fraction of sp³-hybridized carbons (Fsp3) is 0.929. The lowest BCUT2D eigenvalue weighted by atomic mass is 9.93. The van der Waals surface area contributed by atoms with E-state index in [0.29, 0.717) is 6.54 Å². The van der Waals surface area contributed by atoms with E-state index in [4.69, 9.17) is 4.74 Å². The minimum atomic E-state index is 0.131. The average molecular weight is 269 g/mol. The molecule has 0 unspecified atom stereocenters. The van der Waals surface area contributed by atoms with Crippen molar-refractivity contribution in [3.05, 3.63) is 0 Å². The smallest absolute Gasteiger partial charge is 0.233 e. The van der Waals surface area contributed by atoms with Gasteiger partial charge in [0.1, 0.15) is 0 Å². The van der Waals surface area contributed by atoms with Crippen molar-refractivity contribution in [1.29, 1.82) is 0 Å². The first-order valence-electron chi connectivity index (χ1n) is 7.51. The van der Waals surface area contributed by atoms with Crippen LogP contribution in [0.3, 0.4) is 0 Å². The molecule has 0 bridgehead atoms. The molecule has 0 aromatic carbocycles. The molecule has 2 aliphatic rings. The number of morpholine rings is 1. The molecule has 5 heteroatoms. The van der Waals surface area contributed by atoms with Crippen LogP contribution < -0.4 is 5.32 Å². The molecule has 2 fully saturated rings. The van der Waals surface area contributed by atoms with Crippen LogP contribution in [0.1, 0.15) is 19.3 Å². The number of rotatable bonds is 5. The Kier molecular flexibility index (Phi) is 6.07. The summed E-state index contributed by atoms with van der Waals surface area (Å²) in [7, 11) is 1.71. The Morgan fingerprint density at radius 2 is 1.84 bits per heavy atom. The number of piperidine rings is 1. The topological polar surface area (TPSA) is 44.8 Å². The number of nitrogens with zero attached hydrogens (tertiary/aromatic N) is 2. The number of hydrogen-bond donors (Lipinski definition) is 1. The summed E-state index contributed by atoms with van der Waals surface area (Å²) < 4.78 is 5.37. The molecule has 1 N–H and O–H groups in total. The molecule has 0 radical (unpaired) electrons. The summed E-state index contributed by atoms with van der Waals surface area (Å²) in [6, 6.07) is 0. The first-order chi connectivity index (χ1) is 9.28. The first kappa shape index (κ1) is 14.8. The fourth-order valence-corrected chi connectivity index (χ4v) is 2.91. The van der Waals surface area contributed by atoms with Crippen LogP contribution in [-0.2, 0) is 9.53 Å². The van der Waals surface area contributed by atoms with Crippen LogP contribution >= 0.6 is 0 Å². The number of carbonyl (C=O) groups is 1. The van der Waals surface area contributed by atoms with E-state index in [2.05, 4.69) is 15.1 Å². The van der Waals surface area contributed by atoms with Crippen LogP contribution in [0.2, 0.25) is 0 Å². The molecule has 1 amide bonds. The maximum absolute atomic E-state index is 11.3. The Hall–Kier alpha value is -0.650. The average Bonchev–Trinajstić information content (AvgIpc) is 2.47. The van der Waals surface area contributed by atoms with Crippen molar-refractivity contribution in [2.75, 3.05) is 59.5 Å². The Morgan fingerprint density at radius 3 is 2.47 bits per heavy atom. The minimum Gasteiger partial charge on any atom is -0.379 e. The second-order valence-corrected chi connectivity index (χ2v) is 5.64. The van der Waals surface area contributed by atoms with Crippen LogP contribution in [0.4, 0.5) is 0 Å². The van der Waals surface area contributed by atoms with Crippen molar-refractivity contribution < 1.29 is 9.53 Å². The number of carbonyl (C=O) groups excluding carboxylic acids is 1. The van der Waals surface area contributed by atoms with E-state index in [0.717, 1.165) is 45.3 Å². The highest BCUT2D eigenvalue weighted by atomic mass is 16.5. The molecule has 0 spiro atoms. The molecule has 2 saturated heterocycles. The number of likely N-dealkylation sites (N-methyl/N-ethyl adjacent to an activating group) is 1. The summed E-state index contributed by atoms with van der Waals surface area (Å²) in [6.45, 7) is 7.89. The van der Waals surface area contributed by atoms with E-state index in [1.807, 2.05) is 0 Å². The lowest BCUT2D eigenvalue weighted by molar-refractivity contribution is -0.122. The standard InChI is InChI=1S/C14H27N3O2/c1-15-14(18)12-17-6-3-13(4-7-17)2-5-16-8-10-19-11-9-16/h13H,2-12H2,1H3,(H,15,18). The normalized spacial score (nSPS) is 23.4. The van der Waals surface area contributed by atoms with Crippen molar-refractivity contribution >= 4 is 5.91 Å². The molecule has 110 valence electrons. The monoisotopic (exact) mass is 269 g/mol. The SMILES string of the molecule is CNC(=O)CN1CCC(CCN2CCOCC2)CC1. The molecule has 2 rings (SSSR count). The molecule has 0 aromatic heterocycles. The van der Waals surface area contributed by atoms with Crippen molar-refractivity contribution in [3.8, 4) is 0 Å². The quantitative estimate of drug-likeness (QED) is 0.772. The highest BCUT2D eigenvalue weighted by Gasteiger charge is 2.21. The molecular weight excluding hydrogens is 242 g/mol. The van der Waals surface area contributed by atoms with Crippen molar-refractivity contribution in [2.24, 2.45) is 5.92 Å². The highest BCUT2D eigenvalue weighted by molar-refractivity contribution is 5.77. The van der Waals surface area contributed by atoms with Gasteiger partial charge in [-0.05, 0) is 44.8 Å². The molecule has 0 aliphatic carbocycles. The van der Waals surface area contributed by atoms with Crippen molar-refractivity contribution in [2.45, 2.75) is 19.3 Å². The number of ether oxygens (including phenoxy) is 1. The predicted octanol–water partition coefficient (Wildman–Crippen LogP) is 0.167. The molecular formula is C14H27N3O2. The molecule has 0 aromatic rings. The van der Waals surface area contributed by atoms with Gasteiger partial charge in [-0.3, -0.25) is 14.6 Å². The molecule has 5 nitrogen and oxygen atoms in total. The van der Waals surface area contributed by atoms with Crippen LogP contribution in [0, 0.1) is 5.92 Å². The zero-order valence-corrected chi connectivity index (χ0v) is 12.1. The number of nitrogens with one attached hydrogen (secondary N) is 1. The summed E-state index contributed by atoms with van der Waals surface area (Å²) in [5.41, 5.74) is 0. The van der Waals surface area contributed by atoms with Gasteiger partial charge in [-0.25, -0.2) is 0 Å². The fourth-order valence-electron chi connectivity index (χ4n) is 2.91. The third-order valence-corrected chi connectivity index (χ3v) is 4.31. The third kappa shape index (κ3) is 5.09. The van der Waals surface area contributed by atoms with E-state index < -0.39 is 0 Å². The Labute approximate surface area is 116 Å². The van der Waals surface area contributed by atoms with Crippen LogP contribution in [0.25, 0.3) is 0 Å². The van der Waals surface area contributed by atoms with Gasteiger partial charge in [0.15, 0.2) is 0 Å². The third-order valence-electron chi connectivity index (χ3n) is 4.31. The summed E-state index contributed by atoms with van der Waals surface area (Å²) in [5.74, 6) is 0.968. The molecule has 0 atom stereocenters. The Bertz CT molecular complexity index is 272. The molecule has 0 saturated carbocycles. The summed E-state index contributed by atoms with van der Waals surface area (Å²) >= 11 is 0. The lowest BCUT2D eigenvalue weighted by Crippen LogP contribution is -2.41. The number of likely N-dealkylation sites (tertiary alicyclic amines) is 1. The van der Waals surface area contributed by atoms with E-state index in [-0.39, 0.29) is 5.91 Å². The first-order valence-corrected chi connectivity index (χ1v) is 7.51. The van der Waals surface area contributed by atoms with Gasteiger partial charge in [0.25, 0.3) is 0 Å². The molecule has 2 aliphatic heterocycles. The summed E-state index contributed by atoms with van der Waals surface area (Å²) in [6.07, 6.45) is 3.77. The lowest BCUT2D eigenvalue weighted by Gasteiger charge is -2.33. The predicted molar refractivity (Wildman–Crippen MR) is 75.1 cm³/mol. The Morgan fingerprint density at radius 1 is 1.16 bits per heavy atom. The van der Waals surface area contributed by atoms with Crippen LogP contribution in [0.5, 0.6) is 0 Å². The number of hydrogen-bond acceptors (Lipinski definition) is 4. The Balaban J connectivity index is 1.59. The molecule has 19 heavy (non-hydrogen) atoms. The second kappa shape index (κ2) is 7.82. The van der Waals surface area contributed by atoms with Gasteiger partial charge in [0.2, 0.25) is 5.91 Å². The van der Waals surface area contributed by atoms with E-state index >= 15 is 0 Å². The zero-order valence-electron chi connectivity index (χ0n) is 12.1. The summed E-state index contributed by atoms with van der Waals surface area (Å²) in [5, 5.41) is 2.69. The van der Waals surface area contributed by atoms with Gasteiger partial charge >= 0.3 is 0 Å². The van der Waals surface area contributed by atoms with Gasteiger partial charge in [-0.15, -0.1) is 0 Å². The van der Waals surface area contributed by atoms with Crippen LogP contribution in [0.15, 0.2) is 0 Å². The van der Waals surface area contributed by atoms with Gasteiger partial charge in [-0.2, -0.15) is 0 Å². The number of amides is 1. The minimum absolute atomic E-state index is 0.131. The highest BCUT2D eigenvalue weighted by Crippen LogP contribution is 2.20. The van der Waals surface area contributed by atoms with Gasteiger partial charge in [0.05, 0.1) is 19.8 Å². The summed E-state index contributed by atoms with van der Waals surface area (Å²) in [4.78, 5) is 16.1. The van der Waals surface area contributed by atoms with Crippen LogP contribution in [-0.4, -0.2) is 75.2 Å². The van der Waals surface area contributed by atoms with Gasteiger partial charge < -0.3 is 10.1 Å².